The molecule has 2 N–H and O–H groups in total. The minimum absolute atomic E-state index is 0.336. The van der Waals surface area contributed by atoms with Gasteiger partial charge in [-0.25, -0.2) is 0 Å². The quantitative estimate of drug-likeness (QED) is 0.683. The summed E-state index contributed by atoms with van der Waals surface area (Å²) in [6.07, 6.45) is 0. The van der Waals surface area contributed by atoms with Gasteiger partial charge < -0.3 is 24.8 Å². The normalized spacial score (nSPS) is 9.85. The van der Waals surface area contributed by atoms with Crippen LogP contribution < -0.4 is 20.1 Å². The van der Waals surface area contributed by atoms with Crippen LogP contribution in [0.25, 0.3) is 0 Å². The Labute approximate surface area is 156 Å². The van der Waals surface area contributed by atoms with E-state index in [1.807, 2.05) is 0 Å². The third-order valence-corrected chi connectivity index (χ3v) is 3.46. The number of hydrogen-bond acceptors (Lipinski definition) is 6. The van der Waals surface area contributed by atoms with Crippen molar-refractivity contribution in [2.45, 2.75) is 0 Å². The molecule has 27 heavy (non-hydrogen) atoms. The van der Waals surface area contributed by atoms with E-state index in [-0.39, 0.29) is 6.54 Å². The number of ether oxygens (including phenoxy) is 3. The lowest BCUT2D eigenvalue weighted by Gasteiger charge is -2.11. The van der Waals surface area contributed by atoms with Crippen molar-refractivity contribution in [1.29, 1.82) is 0 Å². The Hall–Kier alpha value is -3.55. The number of amides is 2. The highest BCUT2D eigenvalue weighted by molar-refractivity contribution is 5.96. The number of anilines is 1. The van der Waals surface area contributed by atoms with Gasteiger partial charge in [0.25, 0.3) is 11.8 Å². The van der Waals surface area contributed by atoms with E-state index in [0.717, 1.165) is 0 Å². The fraction of sp³-hybridized carbons (Fsp3) is 0.211. The first-order chi connectivity index (χ1) is 13.0. The SMILES string of the molecule is COc1ccc(NC(=O)COC(=O)CNC(=O)c2ccccc2)cc1OC. The smallest absolute Gasteiger partial charge is 0.325 e. The summed E-state index contributed by atoms with van der Waals surface area (Å²) < 4.78 is 15.1. The summed E-state index contributed by atoms with van der Waals surface area (Å²) in [5.41, 5.74) is 0.891. The van der Waals surface area contributed by atoms with Crippen LogP contribution in [0.15, 0.2) is 48.5 Å². The zero-order valence-corrected chi connectivity index (χ0v) is 15.0. The van der Waals surface area contributed by atoms with Crippen LogP contribution >= 0.6 is 0 Å². The third-order valence-electron chi connectivity index (χ3n) is 3.46. The van der Waals surface area contributed by atoms with E-state index in [2.05, 4.69) is 10.6 Å². The Morgan fingerprint density at radius 3 is 2.30 bits per heavy atom. The Kier molecular flexibility index (Phi) is 7.18. The second-order valence-electron chi connectivity index (χ2n) is 5.33. The lowest BCUT2D eigenvalue weighted by molar-refractivity contribution is -0.146. The molecule has 0 aliphatic carbocycles. The minimum Gasteiger partial charge on any atom is -0.493 e. The molecule has 0 aromatic heterocycles. The lowest BCUT2D eigenvalue weighted by atomic mass is 10.2. The number of rotatable bonds is 8. The summed E-state index contributed by atoms with van der Waals surface area (Å²) in [7, 11) is 2.99. The molecular weight excluding hydrogens is 352 g/mol. The first-order valence-corrected chi connectivity index (χ1v) is 8.04. The van der Waals surface area contributed by atoms with Gasteiger partial charge in [-0.2, -0.15) is 0 Å². The molecule has 0 fully saturated rings. The number of carbonyl (C=O) groups excluding carboxylic acids is 3. The lowest BCUT2D eigenvalue weighted by Crippen LogP contribution is -2.32. The maximum absolute atomic E-state index is 11.9. The van der Waals surface area contributed by atoms with Gasteiger partial charge in [0.2, 0.25) is 0 Å². The number of nitrogens with one attached hydrogen (secondary N) is 2. The molecule has 142 valence electrons. The average molecular weight is 372 g/mol. The van der Waals surface area contributed by atoms with Crippen molar-refractivity contribution in [3.8, 4) is 11.5 Å². The van der Waals surface area contributed by atoms with Crippen molar-refractivity contribution < 1.29 is 28.6 Å². The van der Waals surface area contributed by atoms with Gasteiger partial charge in [0, 0.05) is 17.3 Å². The van der Waals surface area contributed by atoms with Crippen LogP contribution in [0.1, 0.15) is 10.4 Å². The topological polar surface area (TPSA) is 103 Å². The molecule has 2 aromatic rings. The van der Waals surface area contributed by atoms with Crippen molar-refractivity contribution >= 4 is 23.5 Å². The van der Waals surface area contributed by atoms with E-state index in [0.29, 0.717) is 22.7 Å². The summed E-state index contributed by atoms with van der Waals surface area (Å²) in [6.45, 7) is -0.814. The molecule has 0 unspecified atom stereocenters. The fourth-order valence-electron chi connectivity index (χ4n) is 2.15. The van der Waals surface area contributed by atoms with E-state index < -0.39 is 24.4 Å². The average Bonchev–Trinajstić information content (AvgIpc) is 2.70. The standard InChI is InChI=1S/C19H20N2O6/c1-25-15-9-8-14(10-16(15)26-2)21-17(22)12-27-18(23)11-20-19(24)13-6-4-3-5-7-13/h3-10H,11-12H2,1-2H3,(H,20,24)(H,21,22). The zero-order valence-electron chi connectivity index (χ0n) is 15.0. The Morgan fingerprint density at radius 1 is 0.926 bits per heavy atom. The zero-order chi connectivity index (χ0) is 19.6. The maximum atomic E-state index is 11.9. The van der Waals surface area contributed by atoms with Gasteiger partial charge in [-0.1, -0.05) is 18.2 Å². The Morgan fingerprint density at radius 2 is 1.63 bits per heavy atom. The van der Waals surface area contributed by atoms with Crippen LogP contribution in [-0.2, 0) is 14.3 Å². The molecule has 0 aliphatic rings. The van der Waals surface area contributed by atoms with Crippen LogP contribution in [0.5, 0.6) is 11.5 Å². The number of methoxy groups -OCH3 is 2. The predicted molar refractivity (Wildman–Crippen MR) is 97.9 cm³/mol. The predicted octanol–water partition coefficient (Wildman–Crippen LogP) is 1.62. The van der Waals surface area contributed by atoms with Gasteiger partial charge >= 0.3 is 5.97 Å². The molecule has 0 heterocycles. The Bertz CT molecular complexity index is 807. The highest BCUT2D eigenvalue weighted by Crippen LogP contribution is 2.29. The molecule has 0 aliphatic heterocycles. The molecule has 2 amide bonds. The van der Waals surface area contributed by atoms with Crippen molar-refractivity contribution in [2.24, 2.45) is 0 Å². The van der Waals surface area contributed by atoms with E-state index in [1.54, 1.807) is 48.5 Å². The third kappa shape index (κ3) is 6.03. The molecular formula is C19H20N2O6. The van der Waals surface area contributed by atoms with Crippen molar-refractivity contribution in [3.05, 3.63) is 54.1 Å². The summed E-state index contributed by atoms with van der Waals surface area (Å²) in [6, 6.07) is 13.3. The van der Waals surface area contributed by atoms with Crippen molar-refractivity contribution in [3.63, 3.8) is 0 Å². The van der Waals surface area contributed by atoms with E-state index in [4.69, 9.17) is 14.2 Å². The molecule has 0 radical (unpaired) electrons. The summed E-state index contributed by atoms with van der Waals surface area (Å²) >= 11 is 0. The van der Waals surface area contributed by atoms with Gasteiger partial charge in [0.1, 0.15) is 6.54 Å². The number of hydrogen-bond donors (Lipinski definition) is 2. The summed E-state index contributed by atoms with van der Waals surface area (Å²) in [5, 5.41) is 5.00. The van der Waals surface area contributed by atoms with Gasteiger partial charge in [0.05, 0.1) is 14.2 Å². The molecule has 0 saturated carbocycles. The van der Waals surface area contributed by atoms with Gasteiger partial charge in [-0.05, 0) is 24.3 Å². The highest BCUT2D eigenvalue weighted by Gasteiger charge is 2.12. The largest absolute Gasteiger partial charge is 0.493 e. The van der Waals surface area contributed by atoms with Crippen molar-refractivity contribution in [1.82, 2.24) is 5.32 Å². The number of esters is 1. The van der Waals surface area contributed by atoms with Crippen LogP contribution in [0, 0.1) is 0 Å². The molecule has 0 saturated heterocycles. The fourth-order valence-corrected chi connectivity index (χ4v) is 2.15. The van der Waals surface area contributed by atoms with Crippen LogP contribution in [0.2, 0.25) is 0 Å². The van der Waals surface area contributed by atoms with Crippen molar-refractivity contribution in [2.75, 3.05) is 32.7 Å². The first kappa shape index (κ1) is 19.8. The molecule has 0 bridgehead atoms. The maximum Gasteiger partial charge on any atom is 0.325 e. The first-order valence-electron chi connectivity index (χ1n) is 8.04. The van der Waals surface area contributed by atoms with E-state index in [1.165, 1.54) is 14.2 Å². The number of carbonyl (C=O) groups is 3. The Balaban J connectivity index is 1.76. The molecule has 0 spiro atoms. The molecule has 2 aromatic carbocycles. The summed E-state index contributed by atoms with van der Waals surface area (Å²) in [4.78, 5) is 35.4. The molecule has 8 heteroatoms. The van der Waals surface area contributed by atoms with Gasteiger partial charge in [-0.3, -0.25) is 14.4 Å². The minimum atomic E-state index is -0.721. The van der Waals surface area contributed by atoms with Crippen LogP contribution in [0.3, 0.4) is 0 Å². The van der Waals surface area contributed by atoms with Crippen LogP contribution in [0.4, 0.5) is 5.69 Å². The number of benzene rings is 2. The molecule has 0 atom stereocenters. The molecule has 2 rings (SSSR count). The highest BCUT2D eigenvalue weighted by atomic mass is 16.5. The second-order valence-corrected chi connectivity index (χ2v) is 5.33. The van der Waals surface area contributed by atoms with Crippen LogP contribution in [-0.4, -0.2) is 45.2 Å². The molecule has 8 nitrogen and oxygen atoms in total. The monoisotopic (exact) mass is 372 g/mol. The summed E-state index contributed by atoms with van der Waals surface area (Å²) in [5.74, 6) is -0.666. The second kappa shape index (κ2) is 9.81. The van der Waals surface area contributed by atoms with E-state index >= 15 is 0 Å². The van der Waals surface area contributed by atoms with Gasteiger partial charge in [-0.15, -0.1) is 0 Å². The van der Waals surface area contributed by atoms with E-state index in [9.17, 15) is 14.4 Å². The van der Waals surface area contributed by atoms with Gasteiger partial charge in [0.15, 0.2) is 18.1 Å².